The number of aliphatic hydroxyl groups is 1. The third-order valence-electron chi connectivity index (χ3n) is 3.85. The molecule has 0 radical (unpaired) electrons. The zero-order valence-corrected chi connectivity index (χ0v) is 12.8. The first kappa shape index (κ1) is 14.3. The van der Waals surface area contributed by atoms with Crippen molar-refractivity contribution in [3.63, 3.8) is 0 Å². The summed E-state index contributed by atoms with van der Waals surface area (Å²) < 4.78 is 5.42. The molecule has 112 valence electrons. The Morgan fingerprint density at radius 2 is 2.24 bits per heavy atom. The summed E-state index contributed by atoms with van der Waals surface area (Å²) in [6.07, 6.45) is 2.16. The molecule has 1 aliphatic heterocycles. The molecule has 3 rings (SSSR count). The molecule has 0 bridgehead atoms. The van der Waals surface area contributed by atoms with Gasteiger partial charge in [0.2, 0.25) is 5.13 Å². The van der Waals surface area contributed by atoms with Crippen molar-refractivity contribution < 1.29 is 9.84 Å². The minimum absolute atomic E-state index is 0.0316. The van der Waals surface area contributed by atoms with E-state index in [-0.39, 0.29) is 6.61 Å². The Kier molecular flexibility index (Phi) is 4.36. The van der Waals surface area contributed by atoms with Crippen LogP contribution in [0.2, 0.25) is 0 Å². The van der Waals surface area contributed by atoms with Crippen LogP contribution in [0.5, 0.6) is 5.75 Å². The van der Waals surface area contributed by atoms with Crippen LogP contribution in [0, 0.1) is 5.92 Å². The molecule has 5 nitrogen and oxygen atoms in total. The van der Waals surface area contributed by atoms with E-state index in [1.165, 1.54) is 16.9 Å². The molecular formula is C15H19N3O2S. The summed E-state index contributed by atoms with van der Waals surface area (Å²) in [5, 5.41) is 18.8. The Labute approximate surface area is 128 Å². The topological polar surface area (TPSA) is 58.5 Å². The van der Waals surface area contributed by atoms with Gasteiger partial charge in [-0.15, -0.1) is 10.2 Å². The molecule has 2 aromatic rings. The van der Waals surface area contributed by atoms with Crippen LogP contribution >= 0.6 is 11.3 Å². The molecule has 1 saturated heterocycles. The van der Waals surface area contributed by atoms with E-state index in [1.54, 1.807) is 7.11 Å². The molecule has 1 aromatic carbocycles. The lowest BCUT2D eigenvalue weighted by Crippen LogP contribution is -2.20. The Bertz CT molecular complexity index is 602. The standard InChI is InChI=1S/C15H19N3O2S/c1-20-13-5-3-2-4-12(13)8-11-6-7-18(9-11)15-17-16-14(10-19)21-15/h2-5,11,19H,6-10H2,1H3. The molecule has 1 fully saturated rings. The van der Waals surface area contributed by atoms with Crippen molar-refractivity contribution in [1.29, 1.82) is 0 Å². The number of hydrogen-bond acceptors (Lipinski definition) is 6. The third-order valence-corrected chi connectivity index (χ3v) is 4.82. The molecular weight excluding hydrogens is 286 g/mol. The number of benzene rings is 1. The van der Waals surface area contributed by atoms with E-state index in [0.29, 0.717) is 10.9 Å². The van der Waals surface area contributed by atoms with Gasteiger partial charge >= 0.3 is 0 Å². The number of nitrogens with zero attached hydrogens (tertiary/aromatic N) is 3. The average Bonchev–Trinajstić information content (AvgIpc) is 3.16. The van der Waals surface area contributed by atoms with Gasteiger partial charge in [0.15, 0.2) is 0 Å². The first-order valence-electron chi connectivity index (χ1n) is 7.10. The molecule has 0 spiro atoms. The van der Waals surface area contributed by atoms with Gasteiger partial charge in [-0.05, 0) is 30.4 Å². The fraction of sp³-hybridized carbons (Fsp3) is 0.467. The van der Waals surface area contributed by atoms with Gasteiger partial charge in [0, 0.05) is 13.1 Å². The predicted octanol–water partition coefficient (Wildman–Crippen LogP) is 2.11. The van der Waals surface area contributed by atoms with Crippen molar-refractivity contribution in [3.8, 4) is 5.75 Å². The number of rotatable bonds is 5. The molecule has 6 heteroatoms. The Hall–Kier alpha value is -1.66. The van der Waals surface area contributed by atoms with Crippen molar-refractivity contribution in [1.82, 2.24) is 10.2 Å². The zero-order chi connectivity index (χ0) is 14.7. The van der Waals surface area contributed by atoms with Crippen molar-refractivity contribution in [2.24, 2.45) is 5.92 Å². The number of aromatic nitrogens is 2. The molecule has 1 aromatic heterocycles. The van der Waals surface area contributed by atoms with Gasteiger partial charge in [0.05, 0.1) is 13.7 Å². The van der Waals surface area contributed by atoms with Crippen LogP contribution in [-0.2, 0) is 13.0 Å². The van der Waals surface area contributed by atoms with Crippen LogP contribution in [0.3, 0.4) is 0 Å². The van der Waals surface area contributed by atoms with Crippen LogP contribution in [0.25, 0.3) is 0 Å². The van der Waals surface area contributed by atoms with Gasteiger partial charge in [-0.1, -0.05) is 29.5 Å². The summed E-state index contributed by atoms with van der Waals surface area (Å²) in [6, 6.07) is 8.21. The normalized spacial score (nSPS) is 18.2. The monoisotopic (exact) mass is 305 g/mol. The number of methoxy groups -OCH3 is 1. The SMILES string of the molecule is COc1ccccc1CC1CCN(c2nnc(CO)s2)C1. The van der Waals surface area contributed by atoms with E-state index in [9.17, 15) is 0 Å². The fourth-order valence-corrected chi connectivity index (χ4v) is 3.53. The van der Waals surface area contributed by atoms with Gasteiger partial charge < -0.3 is 14.7 Å². The highest BCUT2D eigenvalue weighted by molar-refractivity contribution is 7.15. The molecule has 21 heavy (non-hydrogen) atoms. The summed E-state index contributed by atoms with van der Waals surface area (Å²) in [7, 11) is 1.72. The van der Waals surface area contributed by atoms with E-state index in [2.05, 4.69) is 27.2 Å². The minimum Gasteiger partial charge on any atom is -0.496 e. The highest BCUT2D eigenvalue weighted by Gasteiger charge is 2.25. The second-order valence-electron chi connectivity index (χ2n) is 5.25. The van der Waals surface area contributed by atoms with Gasteiger partial charge in [0.25, 0.3) is 0 Å². The van der Waals surface area contributed by atoms with Crippen LogP contribution in [-0.4, -0.2) is 35.5 Å². The molecule has 2 heterocycles. The summed E-state index contributed by atoms with van der Waals surface area (Å²) in [5.74, 6) is 1.57. The molecule has 1 N–H and O–H groups in total. The zero-order valence-electron chi connectivity index (χ0n) is 12.0. The molecule has 1 atom stereocenters. The second kappa shape index (κ2) is 6.41. The largest absolute Gasteiger partial charge is 0.496 e. The summed E-state index contributed by atoms with van der Waals surface area (Å²) in [4.78, 5) is 2.26. The quantitative estimate of drug-likeness (QED) is 0.917. The summed E-state index contributed by atoms with van der Waals surface area (Å²) in [5.41, 5.74) is 1.26. The van der Waals surface area contributed by atoms with E-state index in [1.807, 2.05) is 12.1 Å². The van der Waals surface area contributed by atoms with Crippen LogP contribution < -0.4 is 9.64 Å². The van der Waals surface area contributed by atoms with Gasteiger partial charge in [-0.3, -0.25) is 0 Å². The van der Waals surface area contributed by atoms with Crippen molar-refractivity contribution >= 4 is 16.5 Å². The molecule has 0 aliphatic carbocycles. The second-order valence-corrected chi connectivity index (χ2v) is 6.29. The maximum Gasteiger partial charge on any atom is 0.208 e. The summed E-state index contributed by atoms with van der Waals surface area (Å²) in [6.45, 7) is 1.95. The lowest BCUT2D eigenvalue weighted by Gasteiger charge is -2.15. The Morgan fingerprint density at radius 3 is 3.00 bits per heavy atom. The van der Waals surface area contributed by atoms with E-state index >= 15 is 0 Å². The number of anilines is 1. The number of para-hydroxylation sites is 1. The number of hydrogen-bond donors (Lipinski definition) is 1. The van der Waals surface area contributed by atoms with E-state index in [0.717, 1.165) is 36.8 Å². The first-order chi connectivity index (χ1) is 10.3. The predicted molar refractivity (Wildman–Crippen MR) is 82.8 cm³/mol. The maximum atomic E-state index is 9.07. The molecule has 1 aliphatic rings. The lowest BCUT2D eigenvalue weighted by atomic mass is 9.98. The van der Waals surface area contributed by atoms with Crippen LogP contribution in [0.1, 0.15) is 17.0 Å². The van der Waals surface area contributed by atoms with E-state index < -0.39 is 0 Å². The Morgan fingerprint density at radius 1 is 1.38 bits per heavy atom. The van der Waals surface area contributed by atoms with Crippen molar-refractivity contribution in [3.05, 3.63) is 34.8 Å². The smallest absolute Gasteiger partial charge is 0.208 e. The fourth-order valence-electron chi connectivity index (χ4n) is 2.79. The number of ether oxygens (including phenoxy) is 1. The van der Waals surface area contributed by atoms with Gasteiger partial charge in [0.1, 0.15) is 10.8 Å². The van der Waals surface area contributed by atoms with Crippen LogP contribution in [0.4, 0.5) is 5.13 Å². The van der Waals surface area contributed by atoms with Crippen LogP contribution in [0.15, 0.2) is 24.3 Å². The molecule has 0 amide bonds. The summed E-state index contributed by atoms with van der Waals surface area (Å²) >= 11 is 1.48. The first-order valence-corrected chi connectivity index (χ1v) is 7.92. The van der Waals surface area contributed by atoms with E-state index in [4.69, 9.17) is 9.84 Å². The molecule has 0 saturated carbocycles. The molecule has 1 unspecified atom stereocenters. The Balaban J connectivity index is 1.64. The number of aliphatic hydroxyl groups excluding tert-OH is 1. The highest BCUT2D eigenvalue weighted by Crippen LogP contribution is 2.30. The van der Waals surface area contributed by atoms with Gasteiger partial charge in [-0.2, -0.15) is 0 Å². The third kappa shape index (κ3) is 3.16. The van der Waals surface area contributed by atoms with Crippen molar-refractivity contribution in [2.75, 3.05) is 25.1 Å². The van der Waals surface area contributed by atoms with Crippen molar-refractivity contribution in [2.45, 2.75) is 19.4 Å². The lowest BCUT2D eigenvalue weighted by molar-refractivity contribution is 0.280. The minimum atomic E-state index is -0.0316. The maximum absolute atomic E-state index is 9.07. The van der Waals surface area contributed by atoms with Gasteiger partial charge in [-0.25, -0.2) is 0 Å². The average molecular weight is 305 g/mol. The highest BCUT2D eigenvalue weighted by atomic mass is 32.1.